The highest BCUT2D eigenvalue weighted by atomic mass is 32.2. The maximum absolute atomic E-state index is 12.6. The second kappa shape index (κ2) is 6.68. The van der Waals surface area contributed by atoms with Crippen molar-refractivity contribution < 1.29 is 22.4 Å². The van der Waals surface area contributed by atoms with Crippen molar-refractivity contribution in [3.8, 4) is 5.75 Å². The molecule has 2 aromatic carbocycles. The normalized spacial score (nSPS) is 11.3. The predicted octanol–water partition coefficient (Wildman–Crippen LogP) is 2.90. The van der Waals surface area contributed by atoms with E-state index in [1.54, 1.807) is 25.1 Å². The van der Waals surface area contributed by atoms with Gasteiger partial charge in [0.15, 0.2) is 11.5 Å². The van der Waals surface area contributed by atoms with E-state index in [0.717, 1.165) is 0 Å². The number of anilines is 2. The SMILES string of the molecule is COc1cc(S(=O)(=O)Nc2ccc3oc(C)nc3c2)ccc1NC(C)=O. The van der Waals surface area contributed by atoms with Crippen molar-refractivity contribution in [2.45, 2.75) is 18.7 Å². The predicted molar refractivity (Wildman–Crippen MR) is 96.9 cm³/mol. The van der Waals surface area contributed by atoms with Gasteiger partial charge in [-0.1, -0.05) is 0 Å². The number of ether oxygens (including phenoxy) is 1. The summed E-state index contributed by atoms with van der Waals surface area (Å²) < 4.78 is 38.3. The molecule has 0 radical (unpaired) electrons. The maximum Gasteiger partial charge on any atom is 0.262 e. The molecule has 0 saturated carbocycles. The number of hydrogen-bond donors (Lipinski definition) is 2. The summed E-state index contributed by atoms with van der Waals surface area (Å²) in [5.74, 6) is 0.456. The lowest BCUT2D eigenvalue weighted by molar-refractivity contribution is -0.114. The number of carbonyl (C=O) groups excluding carboxylic acids is 1. The van der Waals surface area contributed by atoms with E-state index in [-0.39, 0.29) is 16.6 Å². The first-order valence-electron chi connectivity index (χ1n) is 7.64. The summed E-state index contributed by atoms with van der Waals surface area (Å²) in [6.07, 6.45) is 0. The van der Waals surface area contributed by atoms with Crippen molar-refractivity contribution in [1.29, 1.82) is 0 Å². The minimum Gasteiger partial charge on any atom is -0.495 e. The fraction of sp³-hybridized carbons (Fsp3) is 0.176. The minimum atomic E-state index is -3.85. The quantitative estimate of drug-likeness (QED) is 0.709. The van der Waals surface area contributed by atoms with E-state index in [4.69, 9.17) is 9.15 Å². The molecule has 0 saturated heterocycles. The van der Waals surface area contributed by atoms with Crippen LogP contribution in [0.1, 0.15) is 12.8 Å². The molecule has 0 atom stereocenters. The maximum atomic E-state index is 12.6. The van der Waals surface area contributed by atoms with Gasteiger partial charge in [-0.2, -0.15) is 0 Å². The van der Waals surface area contributed by atoms with Gasteiger partial charge >= 0.3 is 0 Å². The molecule has 3 aromatic rings. The molecule has 3 rings (SSSR count). The number of methoxy groups -OCH3 is 1. The highest BCUT2D eigenvalue weighted by Crippen LogP contribution is 2.29. The van der Waals surface area contributed by atoms with Crippen LogP contribution in [0.2, 0.25) is 0 Å². The molecule has 0 aliphatic carbocycles. The summed E-state index contributed by atoms with van der Waals surface area (Å²) in [4.78, 5) is 15.4. The highest BCUT2D eigenvalue weighted by Gasteiger charge is 2.18. The van der Waals surface area contributed by atoms with Gasteiger partial charge in [0, 0.05) is 19.9 Å². The van der Waals surface area contributed by atoms with Gasteiger partial charge < -0.3 is 14.5 Å². The lowest BCUT2D eigenvalue weighted by atomic mass is 10.3. The number of nitrogens with one attached hydrogen (secondary N) is 2. The first kappa shape index (κ1) is 17.7. The molecular formula is C17H17N3O5S. The van der Waals surface area contributed by atoms with Gasteiger partial charge in [0.05, 0.1) is 23.4 Å². The molecule has 0 fully saturated rings. The Morgan fingerprint density at radius 2 is 1.96 bits per heavy atom. The van der Waals surface area contributed by atoms with E-state index < -0.39 is 10.0 Å². The molecular weight excluding hydrogens is 358 g/mol. The van der Waals surface area contributed by atoms with Gasteiger partial charge in [0.1, 0.15) is 11.3 Å². The Morgan fingerprint density at radius 1 is 1.19 bits per heavy atom. The highest BCUT2D eigenvalue weighted by molar-refractivity contribution is 7.92. The molecule has 0 aliphatic heterocycles. The molecule has 9 heteroatoms. The van der Waals surface area contributed by atoms with E-state index in [0.29, 0.717) is 28.4 Å². The van der Waals surface area contributed by atoms with Gasteiger partial charge in [-0.15, -0.1) is 0 Å². The zero-order valence-corrected chi connectivity index (χ0v) is 15.2. The minimum absolute atomic E-state index is 0.000109. The molecule has 1 amide bonds. The Morgan fingerprint density at radius 3 is 2.65 bits per heavy atom. The van der Waals surface area contributed by atoms with Gasteiger partial charge in [0.2, 0.25) is 5.91 Å². The molecule has 1 heterocycles. The van der Waals surface area contributed by atoms with Crippen LogP contribution in [0.15, 0.2) is 45.7 Å². The topological polar surface area (TPSA) is 111 Å². The third-order valence-corrected chi connectivity index (χ3v) is 4.92. The molecule has 0 spiro atoms. The van der Waals surface area contributed by atoms with Crippen LogP contribution in [0.4, 0.5) is 11.4 Å². The number of hydrogen-bond acceptors (Lipinski definition) is 6. The molecule has 2 N–H and O–H groups in total. The summed E-state index contributed by atoms with van der Waals surface area (Å²) in [5, 5.41) is 2.58. The van der Waals surface area contributed by atoms with Gasteiger partial charge in [-0.25, -0.2) is 13.4 Å². The number of fused-ring (bicyclic) bond motifs is 1. The fourth-order valence-corrected chi connectivity index (χ4v) is 3.52. The summed E-state index contributed by atoms with van der Waals surface area (Å²) >= 11 is 0. The largest absolute Gasteiger partial charge is 0.495 e. The second-order valence-electron chi connectivity index (χ2n) is 5.56. The van der Waals surface area contributed by atoms with Crippen LogP contribution < -0.4 is 14.8 Å². The van der Waals surface area contributed by atoms with E-state index in [9.17, 15) is 13.2 Å². The summed E-state index contributed by atoms with van der Waals surface area (Å²) in [7, 11) is -2.46. The van der Waals surface area contributed by atoms with Gasteiger partial charge in [-0.3, -0.25) is 9.52 Å². The lowest BCUT2D eigenvalue weighted by Crippen LogP contribution is -2.14. The van der Waals surface area contributed by atoms with Crippen molar-refractivity contribution in [3.63, 3.8) is 0 Å². The van der Waals surface area contributed by atoms with E-state index in [1.165, 1.54) is 32.2 Å². The monoisotopic (exact) mass is 375 g/mol. The van der Waals surface area contributed by atoms with Crippen molar-refractivity contribution in [2.75, 3.05) is 17.1 Å². The Kier molecular flexibility index (Phi) is 4.56. The average Bonchev–Trinajstić information content (AvgIpc) is 2.93. The zero-order valence-electron chi connectivity index (χ0n) is 14.4. The van der Waals surface area contributed by atoms with Crippen LogP contribution in [-0.4, -0.2) is 26.4 Å². The molecule has 8 nitrogen and oxygen atoms in total. The standard InChI is InChI=1S/C17H17N3O5S/c1-10(21)18-14-6-5-13(9-17(14)24-3)26(22,23)20-12-4-7-16-15(8-12)19-11(2)25-16/h4-9,20H,1-3H3,(H,18,21). The van der Waals surface area contributed by atoms with Crippen LogP contribution >= 0.6 is 0 Å². The third kappa shape index (κ3) is 3.62. The Bertz CT molecular complexity index is 1090. The molecule has 0 bridgehead atoms. The van der Waals surface area contributed by atoms with Gasteiger partial charge in [0.25, 0.3) is 10.0 Å². The van der Waals surface area contributed by atoms with E-state index in [2.05, 4.69) is 15.0 Å². The zero-order chi connectivity index (χ0) is 18.9. The fourth-order valence-electron chi connectivity index (χ4n) is 2.45. The van der Waals surface area contributed by atoms with Crippen molar-refractivity contribution in [2.24, 2.45) is 0 Å². The van der Waals surface area contributed by atoms with Crippen molar-refractivity contribution in [1.82, 2.24) is 4.98 Å². The van der Waals surface area contributed by atoms with Crippen LogP contribution in [0, 0.1) is 6.92 Å². The van der Waals surface area contributed by atoms with Crippen LogP contribution in [0.5, 0.6) is 5.75 Å². The summed E-state index contributed by atoms with van der Waals surface area (Å²) in [6, 6.07) is 9.02. The Labute approximate surface area is 150 Å². The molecule has 136 valence electrons. The van der Waals surface area contributed by atoms with Crippen LogP contribution in [0.3, 0.4) is 0 Å². The number of benzene rings is 2. The molecule has 1 aromatic heterocycles. The number of aryl methyl sites for hydroxylation is 1. The molecule has 0 aliphatic rings. The Hall–Kier alpha value is -3.07. The number of rotatable bonds is 5. The Balaban J connectivity index is 1.92. The van der Waals surface area contributed by atoms with E-state index in [1.807, 2.05) is 0 Å². The first-order chi connectivity index (χ1) is 12.3. The summed E-state index contributed by atoms with van der Waals surface area (Å²) in [5.41, 5.74) is 1.88. The number of sulfonamides is 1. The van der Waals surface area contributed by atoms with Crippen LogP contribution in [0.25, 0.3) is 11.1 Å². The first-order valence-corrected chi connectivity index (χ1v) is 9.12. The third-order valence-electron chi connectivity index (χ3n) is 3.54. The molecule has 0 unspecified atom stereocenters. The number of amides is 1. The number of carbonyl (C=O) groups is 1. The second-order valence-corrected chi connectivity index (χ2v) is 7.25. The molecule has 26 heavy (non-hydrogen) atoms. The van der Waals surface area contributed by atoms with E-state index >= 15 is 0 Å². The van der Waals surface area contributed by atoms with Crippen LogP contribution in [-0.2, 0) is 14.8 Å². The smallest absolute Gasteiger partial charge is 0.262 e. The number of aromatic nitrogens is 1. The average molecular weight is 375 g/mol. The number of oxazole rings is 1. The van der Waals surface area contributed by atoms with Crippen molar-refractivity contribution >= 4 is 38.4 Å². The lowest BCUT2D eigenvalue weighted by Gasteiger charge is -2.12. The number of nitrogens with zero attached hydrogens (tertiary/aromatic N) is 1. The van der Waals surface area contributed by atoms with Crippen molar-refractivity contribution in [3.05, 3.63) is 42.3 Å². The van der Waals surface area contributed by atoms with Gasteiger partial charge in [-0.05, 0) is 30.3 Å². The summed E-state index contributed by atoms with van der Waals surface area (Å²) in [6.45, 7) is 3.07.